The third-order valence-electron chi connectivity index (χ3n) is 2.41. The summed E-state index contributed by atoms with van der Waals surface area (Å²) in [5, 5.41) is 13.1. The largest absolute Gasteiger partial charge is 0.480 e. The Balaban J connectivity index is 0. The molecular weight excluding hydrogens is 360 g/mol. The predicted molar refractivity (Wildman–Crippen MR) is 93.0 cm³/mol. The molecule has 0 spiro atoms. The van der Waals surface area contributed by atoms with Gasteiger partial charge in [0.15, 0.2) is 0 Å². The Labute approximate surface area is 156 Å². The number of carbonyl (C=O) groups is 4. The minimum Gasteiger partial charge on any atom is -0.480 e. The molecule has 2 amide bonds. The van der Waals surface area contributed by atoms with Crippen LogP contribution in [0.1, 0.15) is 34.6 Å². The van der Waals surface area contributed by atoms with Crippen molar-refractivity contribution in [2.45, 2.75) is 46.3 Å². The van der Waals surface area contributed by atoms with Gasteiger partial charge >= 0.3 is 30.3 Å². The molecule has 150 valence electrons. The quantitative estimate of drug-likeness (QED) is 0.311. The number of amides is 2. The van der Waals surface area contributed by atoms with E-state index in [1.807, 2.05) is 0 Å². The number of ketones is 1. The molecule has 12 nitrogen and oxygen atoms in total. The first-order chi connectivity index (χ1) is 12.3. The van der Waals surface area contributed by atoms with Gasteiger partial charge in [0.05, 0.1) is 0 Å². The molecule has 0 aromatic heterocycles. The minimum atomic E-state index is -1.15. The lowest BCUT2D eigenvalue weighted by Crippen LogP contribution is -2.51. The van der Waals surface area contributed by atoms with E-state index in [4.69, 9.17) is 20.9 Å². The summed E-state index contributed by atoms with van der Waals surface area (Å²) in [5.74, 6) is -2.56. The summed E-state index contributed by atoms with van der Waals surface area (Å²) >= 11 is 0. The average Bonchev–Trinajstić information content (AvgIpc) is 2.49. The van der Waals surface area contributed by atoms with Crippen molar-refractivity contribution in [1.82, 2.24) is 10.6 Å². The van der Waals surface area contributed by atoms with Crippen molar-refractivity contribution in [3.63, 3.8) is 0 Å². The van der Waals surface area contributed by atoms with Crippen LogP contribution in [0.3, 0.4) is 0 Å². The zero-order chi connectivity index (χ0) is 21.6. The first-order valence-corrected chi connectivity index (χ1v) is 7.71. The predicted octanol–water partition coefficient (Wildman–Crippen LogP) is -0.107. The van der Waals surface area contributed by atoms with E-state index in [1.165, 1.54) is 0 Å². The molecule has 0 bridgehead atoms. The van der Waals surface area contributed by atoms with Gasteiger partial charge in [-0.25, -0.2) is 4.79 Å². The van der Waals surface area contributed by atoms with Gasteiger partial charge in [-0.05, 0) is 26.7 Å². The molecule has 1 atom stereocenters. The Kier molecular flexibility index (Phi) is 12.4. The number of alkyl carbamates (subject to hydrolysis) is 1. The molecule has 0 aromatic rings. The van der Waals surface area contributed by atoms with Gasteiger partial charge in [0.25, 0.3) is 0 Å². The van der Waals surface area contributed by atoms with E-state index in [0.29, 0.717) is 12.4 Å². The number of carboxylic acid groups (broad SMARTS) is 1. The van der Waals surface area contributed by atoms with Gasteiger partial charge in [0.1, 0.15) is 18.2 Å². The minimum absolute atomic E-state index is 0.193. The number of rotatable bonds is 7. The molecule has 0 aliphatic carbocycles. The van der Waals surface area contributed by atoms with Crippen LogP contribution in [0.5, 0.6) is 0 Å². The fourth-order valence-corrected chi connectivity index (χ4v) is 1.39. The molecule has 27 heavy (non-hydrogen) atoms. The normalized spacial score (nSPS) is 10.7. The molecule has 0 saturated heterocycles. The Morgan fingerprint density at radius 1 is 1.11 bits per heavy atom. The number of hydrogen-bond acceptors (Lipinski definition) is 5. The van der Waals surface area contributed by atoms with Crippen LogP contribution >= 0.6 is 0 Å². The lowest BCUT2D eigenvalue weighted by atomic mass is 10.0. The van der Waals surface area contributed by atoms with E-state index >= 15 is 0 Å². The van der Waals surface area contributed by atoms with Gasteiger partial charge in [0, 0.05) is 0 Å². The van der Waals surface area contributed by atoms with E-state index in [2.05, 4.69) is 20.2 Å². The van der Waals surface area contributed by atoms with Crippen LogP contribution < -0.4 is 10.6 Å². The Hall–Kier alpha value is -3.36. The van der Waals surface area contributed by atoms with Gasteiger partial charge in [-0.2, -0.15) is 9.58 Å². The van der Waals surface area contributed by atoms with E-state index in [0.717, 1.165) is 0 Å². The van der Waals surface area contributed by atoms with Gasteiger partial charge < -0.3 is 31.5 Å². The monoisotopic (exact) mass is 384 g/mol. The molecule has 12 heteroatoms. The average molecular weight is 384 g/mol. The summed E-state index contributed by atoms with van der Waals surface area (Å²) in [7, 11) is 0. The number of ether oxygens (including phenoxy) is 1. The number of carbonyl (C=O) groups excluding carboxylic acids is 3. The van der Waals surface area contributed by atoms with Crippen molar-refractivity contribution in [1.29, 1.82) is 0 Å². The van der Waals surface area contributed by atoms with Gasteiger partial charge in [-0.3, -0.25) is 14.4 Å². The highest BCUT2D eigenvalue weighted by molar-refractivity contribution is 6.50. The molecule has 0 heterocycles. The maximum absolute atomic E-state index is 11.7. The summed E-state index contributed by atoms with van der Waals surface area (Å²) in [6.45, 7) is 8.12. The number of nitrogens with one attached hydrogen (secondary N) is 2. The second-order valence-electron chi connectivity index (χ2n) is 6.37. The van der Waals surface area contributed by atoms with Crippen LogP contribution in [-0.2, 0) is 19.1 Å². The lowest BCUT2D eigenvalue weighted by Gasteiger charge is -2.24. The van der Waals surface area contributed by atoms with Crippen molar-refractivity contribution in [2.24, 2.45) is 5.92 Å². The third-order valence-corrected chi connectivity index (χ3v) is 2.41. The molecule has 0 rings (SSSR count). The second kappa shape index (κ2) is 12.9. The van der Waals surface area contributed by atoms with Crippen LogP contribution in [0.2, 0.25) is 0 Å². The summed E-state index contributed by atoms with van der Waals surface area (Å²) < 4.78 is 5.05. The number of aliphatic carboxylic acids is 1. The van der Waals surface area contributed by atoms with E-state index in [-0.39, 0.29) is 5.92 Å². The van der Waals surface area contributed by atoms with Crippen LogP contribution in [0.25, 0.3) is 11.1 Å². The lowest BCUT2D eigenvalue weighted by molar-refractivity contribution is -0.138. The van der Waals surface area contributed by atoms with Crippen LogP contribution in [0.4, 0.5) is 4.79 Å². The third kappa shape index (κ3) is 15.9. The van der Waals surface area contributed by atoms with E-state index in [9.17, 15) is 19.2 Å². The van der Waals surface area contributed by atoms with Crippen molar-refractivity contribution in [2.75, 3.05) is 6.54 Å². The SMILES string of the molecule is CC(C)[C@H](NC(=O)OC(C)(C)C)C(=O)NCC(=O)O.[N-]=[N+]=CC(=O)C=[N+]=[N-]. The fourth-order valence-electron chi connectivity index (χ4n) is 1.39. The number of hydrogen-bond donors (Lipinski definition) is 3. The molecule has 0 aromatic carbocycles. The summed E-state index contributed by atoms with van der Waals surface area (Å²) in [6, 6.07) is -0.839. The molecule has 3 N–H and O–H groups in total. The van der Waals surface area contributed by atoms with Crippen molar-refractivity contribution in [3.8, 4) is 0 Å². The smallest absolute Gasteiger partial charge is 0.408 e. The highest BCUT2D eigenvalue weighted by atomic mass is 16.6. The highest BCUT2D eigenvalue weighted by Crippen LogP contribution is 2.08. The fraction of sp³-hybridized carbons (Fsp3) is 0.600. The molecule has 0 unspecified atom stereocenters. The van der Waals surface area contributed by atoms with E-state index < -0.39 is 41.9 Å². The zero-order valence-corrected chi connectivity index (χ0v) is 15.8. The summed E-state index contributed by atoms with van der Waals surface area (Å²) in [4.78, 5) is 48.5. The number of Topliss-reactive ketones (excluding diaryl/α,β-unsaturated/α-hetero) is 1. The molecule has 0 fully saturated rings. The van der Waals surface area contributed by atoms with Gasteiger partial charge in [-0.1, -0.05) is 13.8 Å². The maximum atomic E-state index is 11.7. The molecule has 0 saturated carbocycles. The highest BCUT2D eigenvalue weighted by Gasteiger charge is 2.26. The van der Waals surface area contributed by atoms with Gasteiger partial charge in [-0.15, -0.1) is 0 Å². The van der Waals surface area contributed by atoms with Gasteiger partial charge in [0.2, 0.25) is 5.91 Å². The standard InChI is InChI=1S/C12H22N2O5.C3H2N4O/c1-7(2)9(10(17)13-6-8(15)16)14-11(18)19-12(3,4)5;4-6-1-3(8)2-7-5/h7,9H,6H2,1-5H3,(H,13,17)(H,14,18)(H,15,16);1-2H/t9-;/m0./s1. The Bertz CT molecular complexity index is 622. The Morgan fingerprint density at radius 2 is 1.59 bits per heavy atom. The first-order valence-electron chi connectivity index (χ1n) is 7.71. The molecule has 0 radical (unpaired) electrons. The van der Waals surface area contributed by atoms with Crippen molar-refractivity contribution >= 4 is 36.2 Å². The van der Waals surface area contributed by atoms with Crippen LogP contribution in [0.15, 0.2) is 0 Å². The van der Waals surface area contributed by atoms with Crippen molar-refractivity contribution < 1.29 is 38.6 Å². The maximum Gasteiger partial charge on any atom is 0.408 e. The Morgan fingerprint density at radius 3 is 1.93 bits per heavy atom. The van der Waals surface area contributed by atoms with Crippen LogP contribution in [-0.4, -0.2) is 69.1 Å². The molecule has 0 aliphatic rings. The number of carboxylic acids is 1. The summed E-state index contributed by atoms with van der Waals surface area (Å²) in [5.41, 5.74) is 14.7. The van der Waals surface area contributed by atoms with Crippen molar-refractivity contribution in [3.05, 3.63) is 11.1 Å². The zero-order valence-electron chi connectivity index (χ0n) is 15.8. The second-order valence-corrected chi connectivity index (χ2v) is 6.37. The van der Waals surface area contributed by atoms with Crippen LogP contribution in [0, 0.1) is 5.92 Å². The number of nitrogens with zero attached hydrogens (tertiary/aromatic N) is 4. The summed E-state index contributed by atoms with van der Waals surface area (Å²) in [6.07, 6.45) is 0.510. The topological polar surface area (TPSA) is 195 Å². The van der Waals surface area contributed by atoms with E-state index in [1.54, 1.807) is 34.6 Å². The first kappa shape index (κ1) is 25.9. The molecule has 0 aliphatic heterocycles. The molecular formula is C15H24N6O6.